The lowest BCUT2D eigenvalue weighted by atomic mass is 10.1. The van der Waals surface area contributed by atoms with Crippen LogP contribution in [0.1, 0.15) is 36.5 Å². The lowest BCUT2D eigenvalue weighted by Crippen LogP contribution is -2.31. The smallest absolute Gasteiger partial charge is 0.253 e. The molecule has 3 N–H and O–H groups in total. The Bertz CT molecular complexity index is 837. The summed E-state index contributed by atoms with van der Waals surface area (Å²) in [5.74, 6) is 0.109. The first kappa shape index (κ1) is 16.5. The highest BCUT2D eigenvalue weighted by atomic mass is 16.2. The summed E-state index contributed by atoms with van der Waals surface area (Å²) in [5.41, 5.74) is 8.46. The zero-order valence-electron chi connectivity index (χ0n) is 14.2. The Morgan fingerprint density at radius 2 is 1.83 bits per heavy atom. The number of carbonyl (C=O) groups excluding carboxylic acids is 1. The molecule has 0 aliphatic heterocycles. The number of fused-ring (bicyclic) bond motifs is 3. The van der Waals surface area contributed by atoms with Crippen molar-refractivity contribution in [2.75, 3.05) is 19.6 Å². The van der Waals surface area contributed by atoms with Gasteiger partial charge in [-0.25, -0.2) is 0 Å². The predicted molar refractivity (Wildman–Crippen MR) is 100 cm³/mol. The second-order valence-corrected chi connectivity index (χ2v) is 6.17. The van der Waals surface area contributed by atoms with Crippen molar-refractivity contribution in [3.8, 4) is 0 Å². The van der Waals surface area contributed by atoms with Gasteiger partial charge in [0.15, 0.2) is 0 Å². The molecule has 0 radical (unpaired) electrons. The SMILES string of the molecule is CCN(CCCCCN)C(=O)c1ccc2[nH]c3ccccc3c2c1. The van der Waals surface area contributed by atoms with Crippen LogP contribution in [-0.2, 0) is 0 Å². The largest absolute Gasteiger partial charge is 0.355 e. The summed E-state index contributed by atoms with van der Waals surface area (Å²) in [6, 6.07) is 14.1. The maximum Gasteiger partial charge on any atom is 0.253 e. The summed E-state index contributed by atoms with van der Waals surface area (Å²) in [7, 11) is 0. The average molecular weight is 323 g/mol. The maximum absolute atomic E-state index is 12.8. The summed E-state index contributed by atoms with van der Waals surface area (Å²) in [6.45, 7) is 4.27. The van der Waals surface area contributed by atoms with E-state index in [9.17, 15) is 4.79 Å². The van der Waals surface area contributed by atoms with E-state index in [0.717, 1.165) is 66.3 Å². The Morgan fingerprint density at radius 1 is 1.04 bits per heavy atom. The zero-order valence-corrected chi connectivity index (χ0v) is 14.2. The molecule has 3 aromatic rings. The third-order valence-electron chi connectivity index (χ3n) is 4.55. The summed E-state index contributed by atoms with van der Waals surface area (Å²) in [6.07, 6.45) is 3.10. The number of nitrogens with zero attached hydrogens (tertiary/aromatic N) is 1. The molecule has 1 amide bonds. The number of H-pyrrole nitrogens is 1. The molecule has 0 saturated heterocycles. The van der Waals surface area contributed by atoms with Gasteiger partial charge in [-0.05, 0) is 50.6 Å². The number of rotatable bonds is 7. The van der Waals surface area contributed by atoms with Crippen molar-refractivity contribution in [2.45, 2.75) is 26.2 Å². The average Bonchev–Trinajstić information content (AvgIpc) is 2.99. The molecular weight excluding hydrogens is 298 g/mol. The van der Waals surface area contributed by atoms with E-state index in [2.05, 4.69) is 17.1 Å². The molecule has 1 heterocycles. The number of nitrogens with two attached hydrogens (primary N) is 1. The third kappa shape index (κ3) is 3.29. The van der Waals surface area contributed by atoms with Crippen LogP contribution >= 0.6 is 0 Å². The van der Waals surface area contributed by atoms with Crippen LogP contribution in [0.3, 0.4) is 0 Å². The number of aromatic nitrogens is 1. The van der Waals surface area contributed by atoms with Gasteiger partial charge in [-0.2, -0.15) is 0 Å². The van der Waals surface area contributed by atoms with Crippen molar-refractivity contribution in [1.82, 2.24) is 9.88 Å². The highest BCUT2D eigenvalue weighted by Crippen LogP contribution is 2.26. The van der Waals surface area contributed by atoms with Crippen LogP contribution < -0.4 is 5.73 Å². The number of aromatic amines is 1. The molecule has 0 fully saturated rings. The van der Waals surface area contributed by atoms with E-state index in [4.69, 9.17) is 5.73 Å². The highest BCUT2D eigenvalue weighted by Gasteiger charge is 2.15. The summed E-state index contributed by atoms with van der Waals surface area (Å²) in [4.78, 5) is 18.2. The number of hydrogen-bond acceptors (Lipinski definition) is 2. The van der Waals surface area contributed by atoms with Crippen LogP contribution in [0.4, 0.5) is 0 Å². The Labute approximate surface area is 142 Å². The summed E-state index contributed by atoms with van der Waals surface area (Å²) in [5, 5.41) is 2.27. The Hall–Kier alpha value is -2.33. The van der Waals surface area contributed by atoms with E-state index in [1.807, 2.05) is 42.2 Å². The molecule has 0 unspecified atom stereocenters. The van der Waals surface area contributed by atoms with Crippen molar-refractivity contribution in [3.05, 3.63) is 48.0 Å². The number of nitrogens with one attached hydrogen (secondary N) is 1. The lowest BCUT2D eigenvalue weighted by Gasteiger charge is -2.21. The fraction of sp³-hybridized carbons (Fsp3) is 0.350. The Balaban J connectivity index is 1.84. The van der Waals surface area contributed by atoms with Crippen LogP contribution in [-0.4, -0.2) is 35.4 Å². The van der Waals surface area contributed by atoms with Crippen molar-refractivity contribution in [1.29, 1.82) is 0 Å². The molecule has 0 spiro atoms. The van der Waals surface area contributed by atoms with Crippen LogP contribution in [0, 0.1) is 0 Å². The van der Waals surface area contributed by atoms with E-state index in [-0.39, 0.29) is 5.91 Å². The second-order valence-electron chi connectivity index (χ2n) is 6.17. The van der Waals surface area contributed by atoms with Crippen molar-refractivity contribution in [2.24, 2.45) is 5.73 Å². The molecule has 126 valence electrons. The molecule has 0 atom stereocenters. The van der Waals surface area contributed by atoms with E-state index in [1.54, 1.807) is 0 Å². The monoisotopic (exact) mass is 323 g/mol. The van der Waals surface area contributed by atoms with Gasteiger partial charge in [-0.3, -0.25) is 4.79 Å². The second kappa shape index (κ2) is 7.49. The molecule has 24 heavy (non-hydrogen) atoms. The third-order valence-corrected chi connectivity index (χ3v) is 4.55. The number of carbonyl (C=O) groups is 1. The molecule has 0 saturated carbocycles. The molecule has 0 aliphatic rings. The van der Waals surface area contributed by atoms with E-state index in [0.29, 0.717) is 0 Å². The normalized spacial score (nSPS) is 11.2. The van der Waals surface area contributed by atoms with Crippen molar-refractivity contribution >= 4 is 27.7 Å². The first-order valence-corrected chi connectivity index (χ1v) is 8.74. The van der Waals surface area contributed by atoms with Gasteiger partial charge in [-0.15, -0.1) is 0 Å². The number of hydrogen-bond donors (Lipinski definition) is 2. The van der Waals surface area contributed by atoms with Crippen molar-refractivity contribution < 1.29 is 4.79 Å². The topological polar surface area (TPSA) is 62.1 Å². The van der Waals surface area contributed by atoms with Crippen LogP contribution in [0.5, 0.6) is 0 Å². The first-order chi connectivity index (χ1) is 11.7. The number of para-hydroxylation sites is 1. The molecule has 3 rings (SSSR count). The fourth-order valence-electron chi connectivity index (χ4n) is 3.19. The number of unbranched alkanes of at least 4 members (excludes halogenated alkanes) is 2. The van der Waals surface area contributed by atoms with Gasteiger partial charge in [0.1, 0.15) is 0 Å². The summed E-state index contributed by atoms with van der Waals surface area (Å²) < 4.78 is 0. The zero-order chi connectivity index (χ0) is 16.9. The maximum atomic E-state index is 12.8. The molecule has 4 heteroatoms. The van der Waals surface area contributed by atoms with Crippen LogP contribution in [0.25, 0.3) is 21.8 Å². The van der Waals surface area contributed by atoms with E-state index < -0.39 is 0 Å². The van der Waals surface area contributed by atoms with E-state index in [1.165, 1.54) is 0 Å². The Kier molecular flexibility index (Phi) is 5.16. The molecule has 0 bridgehead atoms. The molecular formula is C20H25N3O. The van der Waals surface area contributed by atoms with Crippen LogP contribution in [0.2, 0.25) is 0 Å². The van der Waals surface area contributed by atoms with E-state index >= 15 is 0 Å². The van der Waals surface area contributed by atoms with Gasteiger partial charge in [-0.1, -0.05) is 24.6 Å². The molecule has 1 aromatic heterocycles. The quantitative estimate of drug-likeness (QED) is 0.648. The van der Waals surface area contributed by atoms with Gasteiger partial charge in [0.05, 0.1) is 0 Å². The van der Waals surface area contributed by atoms with Crippen molar-refractivity contribution in [3.63, 3.8) is 0 Å². The van der Waals surface area contributed by atoms with Crippen LogP contribution in [0.15, 0.2) is 42.5 Å². The van der Waals surface area contributed by atoms with Gasteiger partial charge >= 0.3 is 0 Å². The van der Waals surface area contributed by atoms with Gasteiger partial charge < -0.3 is 15.6 Å². The predicted octanol–water partition coefficient (Wildman–Crippen LogP) is 3.91. The minimum atomic E-state index is 0.109. The fourth-order valence-corrected chi connectivity index (χ4v) is 3.19. The molecule has 0 aliphatic carbocycles. The Morgan fingerprint density at radius 3 is 2.62 bits per heavy atom. The van der Waals surface area contributed by atoms with Gasteiger partial charge in [0.2, 0.25) is 0 Å². The highest BCUT2D eigenvalue weighted by molar-refractivity contribution is 6.09. The first-order valence-electron chi connectivity index (χ1n) is 8.74. The lowest BCUT2D eigenvalue weighted by molar-refractivity contribution is 0.0761. The molecule has 4 nitrogen and oxygen atoms in total. The molecule has 2 aromatic carbocycles. The standard InChI is InChI=1S/C20H25N3O/c1-2-23(13-7-3-6-12-21)20(24)15-10-11-19-17(14-15)16-8-4-5-9-18(16)22-19/h4-5,8-11,14,22H,2-3,6-7,12-13,21H2,1H3. The minimum absolute atomic E-state index is 0.109. The van der Waals surface area contributed by atoms with Gasteiger partial charge in [0, 0.05) is 40.5 Å². The minimum Gasteiger partial charge on any atom is -0.355 e. The summed E-state index contributed by atoms with van der Waals surface area (Å²) >= 11 is 0. The number of amides is 1. The number of benzene rings is 2. The van der Waals surface area contributed by atoms with Gasteiger partial charge in [0.25, 0.3) is 5.91 Å².